The second-order valence-corrected chi connectivity index (χ2v) is 4.39. The van der Waals surface area contributed by atoms with Gasteiger partial charge in [0.1, 0.15) is 5.82 Å². The molecule has 0 aromatic carbocycles. The van der Waals surface area contributed by atoms with Gasteiger partial charge in [0.2, 0.25) is 5.82 Å². The molecule has 0 saturated heterocycles. The van der Waals surface area contributed by atoms with Crippen molar-refractivity contribution in [1.29, 1.82) is 0 Å². The van der Waals surface area contributed by atoms with Gasteiger partial charge >= 0.3 is 5.97 Å². The summed E-state index contributed by atoms with van der Waals surface area (Å²) in [6.45, 7) is 5.74. The Hall–Kier alpha value is -1.69. The minimum Gasteiger partial charge on any atom is -0.463 e. The van der Waals surface area contributed by atoms with Gasteiger partial charge in [0.25, 0.3) is 0 Å². The van der Waals surface area contributed by atoms with Crippen LogP contribution < -0.4 is 5.32 Å². The molecule has 0 saturated carbocycles. The summed E-state index contributed by atoms with van der Waals surface area (Å²) < 4.78 is 4.58. The van der Waals surface area contributed by atoms with E-state index in [0.717, 1.165) is 0 Å². The summed E-state index contributed by atoms with van der Waals surface area (Å²) in [6, 6.07) is 1.60. The van der Waals surface area contributed by atoms with Crippen LogP contribution in [0.4, 0.5) is 5.82 Å². The number of hydrogen-bond donors (Lipinski definition) is 2. The average Bonchev–Trinajstić information content (AvgIpc) is 2.33. The van der Waals surface area contributed by atoms with Crippen molar-refractivity contribution in [1.82, 2.24) is 9.97 Å². The fourth-order valence-corrected chi connectivity index (χ4v) is 1.44. The zero-order valence-corrected chi connectivity index (χ0v) is 11.1. The maximum absolute atomic E-state index is 11.4. The number of anilines is 1. The molecule has 1 aromatic heterocycles. The lowest BCUT2D eigenvalue weighted by Crippen LogP contribution is -2.30. The van der Waals surface area contributed by atoms with Crippen molar-refractivity contribution in [2.45, 2.75) is 26.8 Å². The number of aliphatic hydroxyl groups is 1. The lowest BCUT2D eigenvalue weighted by Gasteiger charge is -2.20. The van der Waals surface area contributed by atoms with Gasteiger partial charge in [-0.2, -0.15) is 0 Å². The predicted molar refractivity (Wildman–Crippen MR) is 67.4 cm³/mol. The van der Waals surface area contributed by atoms with Crippen molar-refractivity contribution in [3.05, 3.63) is 17.6 Å². The molecular weight excluding hydrogens is 234 g/mol. The lowest BCUT2D eigenvalue weighted by molar-refractivity contribution is 0.0586. The van der Waals surface area contributed by atoms with Gasteiger partial charge in [-0.1, -0.05) is 13.8 Å². The molecule has 0 unspecified atom stereocenters. The van der Waals surface area contributed by atoms with E-state index in [-0.39, 0.29) is 24.4 Å². The third kappa shape index (κ3) is 3.66. The molecule has 1 rings (SSSR count). The number of aliphatic hydroxyl groups excluding tert-OH is 1. The van der Waals surface area contributed by atoms with Gasteiger partial charge in [0.15, 0.2) is 0 Å². The number of carbonyl (C=O) groups is 1. The number of esters is 1. The first-order chi connectivity index (χ1) is 8.47. The molecule has 1 atom stereocenters. The van der Waals surface area contributed by atoms with Gasteiger partial charge in [-0.15, -0.1) is 0 Å². The molecule has 0 amide bonds. The highest BCUT2D eigenvalue weighted by molar-refractivity contribution is 5.85. The summed E-state index contributed by atoms with van der Waals surface area (Å²) in [7, 11) is 1.28. The molecular formula is C12H19N3O3. The first kappa shape index (κ1) is 14.4. The summed E-state index contributed by atoms with van der Waals surface area (Å²) in [5.74, 6) is 0.190. The number of aromatic nitrogens is 2. The Morgan fingerprint density at radius 1 is 1.50 bits per heavy atom. The molecule has 1 heterocycles. The average molecular weight is 253 g/mol. The van der Waals surface area contributed by atoms with Crippen molar-refractivity contribution in [2.75, 3.05) is 19.0 Å². The van der Waals surface area contributed by atoms with Crippen LogP contribution in [0, 0.1) is 12.8 Å². The Bertz CT molecular complexity index is 421. The zero-order valence-electron chi connectivity index (χ0n) is 11.1. The number of nitrogens with zero attached hydrogens (tertiary/aromatic N) is 2. The van der Waals surface area contributed by atoms with Crippen LogP contribution in [-0.2, 0) is 4.74 Å². The molecule has 0 aliphatic rings. The van der Waals surface area contributed by atoms with E-state index in [2.05, 4.69) is 20.0 Å². The molecule has 100 valence electrons. The van der Waals surface area contributed by atoms with E-state index in [1.807, 2.05) is 13.8 Å². The largest absolute Gasteiger partial charge is 0.463 e. The highest BCUT2D eigenvalue weighted by Gasteiger charge is 2.15. The maximum atomic E-state index is 11.4. The normalized spacial score (nSPS) is 12.3. The summed E-state index contributed by atoms with van der Waals surface area (Å²) >= 11 is 0. The minimum absolute atomic E-state index is 0.00568. The second-order valence-electron chi connectivity index (χ2n) is 4.39. The molecule has 0 bridgehead atoms. The Labute approximate surface area is 106 Å². The van der Waals surface area contributed by atoms with E-state index in [9.17, 15) is 9.90 Å². The van der Waals surface area contributed by atoms with Crippen molar-refractivity contribution < 1.29 is 14.6 Å². The maximum Gasteiger partial charge on any atom is 0.376 e. The summed E-state index contributed by atoms with van der Waals surface area (Å²) in [4.78, 5) is 19.4. The van der Waals surface area contributed by atoms with Crippen LogP contribution in [-0.4, -0.2) is 40.8 Å². The molecule has 18 heavy (non-hydrogen) atoms. The summed E-state index contributed by atoms with van der Waals surface area (Å²) in [5, 5.41) is 12.3. The molecule has 0 fully saturated rings. The van der Waals surface area contributed by atoms with Crippen LogP contribution in [0.3, 0.4) is 0 Å². The smallest absolute Gasteiger partial charge is 0.376 e. The lowest BCUT2D eigenvalue weighted by atomic mass is 10.1. The second kappa shape index (κ2) is 6.30. The van der Waals surface area contributed by atoms with Crippen LogP contribution in [0.1, 0.15) is 30.2 Å². The Morgan fingerprint density at radius 3 is 2.67 bits per heavy atom. The number of carbonyl (C=O) groups excluding carboxylic acids is 1. The highest BCUT2D eigenvalue weighted by atomic mass is 16.5. The van der Waals surface area contributed by atoms with E-state index in [0.29, 0.717) is 11.5 Å². The van der Waals surface area contributed by atoms with E-state index in [1.54, 1.807) is 13.0 Å². The van der Waals surface area contributed by atoms with E-state index < -0.39 is 5.97 Å². The quantitative estimate of drug-likeness (QED) is 0.762. The van der Waals surface area contributed by atoms with Crippen LogP contribution in [0.15, 0.2) is 6.07 Å². The topological polar surface area (TPSA) is 84.3 Å². The molecule has 0 spiro atoms. The molecule has 1 aromatic rings. The van der Waals surface area contributed by atoms with Crippen molar-refractivity contribution >= 4 is 11.8 Å². The number of nitrogens with one attached hydrogen (secondary N) is 1. The van der Waals surface area contributed by atoms with Gasteiger partial charge in [0, 0.05) is 11.8 Å². The number of ether oxygens (including phenoxy) is 1. The standard InChI is InChI=1S/C12H19N3O3/c1-7(2)9(6-16)14-10-5-8(3)13-11(15-10)12(17)18-4/h5,7,9,16H,6H2,1-4H3,(H,13,14,15)/t9-/m1/s1. The number of methoxy groups -OCH3 is 1. The Morgan fingerprint density at radius 2 is 2.17 bits per heavy atom. The third-order valence-electron chi connectivity index (χ3n) is 2.56. The number of hydrogen-bond acceptors (Lipinski definition) is 6. The predicted octanol–water partition coefficient (Wildman–Crippen LogP) is 1.00. The fourth-order valence-electron chi connectivity index (χ4n) is 1.44. The van der Waals surface area contributed by atoms with Crippen LogP contribution in [0.5, 0.6) is 0 Å². The first-order valence-corrected chi connectivity index (χ1v) is 5.79. The highest BCUT2D eigenvalue weighted by Crippen LogP contribution is 2.12. The van der Waals surface area contributed by atoms with Gasteiger partial charge in [0.05, 0.1) is 19.8 Å². The van der Waals surface area contributed by atoms with Crippen molar-refractivity contribution in [3.63, 3.8) is 0 Å². The number of aryl methyl sites for hydroxylation is 1. The Balaban J connectivity index is 2.95. The van der Waals surface area contributed by atoms with Crippen LogP contribution >= 0.6 is 0 Å². The minimum atomic E-state index is -0.577. The molecule has 0 aliphatic heterocycles. The van der Waals surface area contributed by atoms with E-state index >= 15 is 0 Å². The van der Waals surface area contributed by atoms with Gasteiger partial charge in [-0.05, 0) is 12.8 Å². The fraction of sp³-hybridized carbons (Fsp3) is 0.583. The molecule has 6 heteroatoms. The number of rotatable bonds is 5. The summed E-state index contributed by atoms with van der Waals surface area (Å²) in [6.07, 6.45) is 0. The van der Waals surface area contributed by atoms with Gasteiger partial charge in [-0.3, -0.25) is 0 Å². The van der Waals surface area contributed by atoms with Crippen LogP contribution in [0.2, 0.25) is 0 Å². The van der Waals surface area contributed by atoms with Crippen molar-refractivity contribution in [2.24, 2.45) is 5.92 Å². The molecule has 6 nitrogen and oxygen atoms in total. The monoisotopic (exact) mass is 253 g/mol. The third-order valence-corrected chi connectivity index (χ3v) is 2.56. The van der Waals surface area contributed by atoms with Gasteiger partial charge in [-0.25, -0.2) is 14.8 Å². The van der Waals surface area contributed by atoms with Crippen molar-refractivity contribution in [3.8, 4) is 0 Å². The molecule has 2 N–H and O–H groups in total. The summed E-state index contributed by atoms with van der Waals surface area (Å²) in [5.41, 5.74) is 0.661. The SMILES string of the molecule is COC(=O)c1nc(C)cc(N[C@H](CO)C(C)C)n1. The molecule has 0 radical (unpaired) electrons. The first-order valence-electron chi connectivity index (χ1n) is 5.79. The molecule has 0 aliphatic carbocycles. The van der Waals surface area contributed by atoms with Crippen LogP contribution in [0.25, 0.3) is 0 Å². The zero-order chi connectivity index (χ0) is 13.7. The van der Waals surface area contributed by atoms with E-state index in [1.165, 1.54) is 7.11 Å². The van der Waals surface area contributed by atoms with E-state index in [4.69, 9.17) is 0 Å². The Kier molecular flexibility index (Phi) is 5.03. The van der Waals surface area contributed by atoms with Gasteiger partial charge < -0.3 is 15.2 Å².